The van der Waals surface area contributed by atoms with Gasteiger partial charge in [-0.3, -0.25) is 4.79 Å². The Balaban J connectivity index is 2.28. The van der Waals surface area contributed by atoms with E-state index in [1.165, 1.54) is 10.2 Å². The minimum atomic E-state index is -3.79. The van der Waals surface area contributed by atoms with Crippen molar-refractivity contribution in [2.24, 2.45) is 0 Å². The van der Waals surface area contributed by atoms with Crippen LogP contribution in [0, 0.1) is 13.8 Å². The van der Waals surface area contributed by atoms with E-state index >= 15 is 0 Å². The van der Waals surface area contributed by atoms with Gasteiger partial charge in [-0.05, 0) is 37.1 Å². The molecule has 0 aliphatic carbocycles. The molecule has 4 nitrogen and oxygen atoms in total. The zero-order valence-electron chi connectivity index (χ0n) is 13.4. The largest absolute Gasteiger partial charge is 0.298 e. The fraction of sp³-hybridized carbons (Fsp3) is 0.105. The molecule has 0 unspecified atom stereocenters. The van der Waals surface area contributed by atoms with Crippen LogP contribution in [0.25, 0.3) is 11.3 Å². The van der Waals surface area contributed by atoms with Crippen LogP contribution in [0.4, 0.5) is 0 Å². The highest BCUT2D eigenvalue weighted by Gasteiger charge is 2.24. The molecule has 0 N–H and O–H groups in total. The van der Waals surface area contributed by atoms with E-state index in [0.29, 0.717) is 23.1 Å². The Bertz CT molecular complexity index is 985. The lowest BCUT2D eigenvalue weighted by molar-refractivity contribution is 0.112. The Labute approximate surface area is 141 Å². The van der Waals surface area contributed by atoms with Crippen LogP contribution in [-0.4, -0.2) is 18.7 Å². The van der Waals surface area contributed by atoms with E-state index in [1.54, 1.807) is 31.2 Å². The lowest BCUT2D eigenvalue weighted by atomic mass is 10.1. The highest BCUT2D eigenvalue weighted by atomic mass is 32.2. The summed E-state index contributed by atoms with van der Waals surface area (Å²) in [5, 5.41) is 0. The van der Waals surface area contributed by atoms with E-state index in [9.17, 15) is 13.2 Å². The molecule has 3 rings (SSSR count). The van der Waals surface area contributed by atoms with E-state index in [2.05, 4.69) is 0 Å². The third-order valence-corrected chi connectivity index (χ3v) is 5.69. The van der Waals surface area contributed by atoms with Crippen molar-refractivity contribution in [1.82, 2.24) is 3.97 Å². The quantitative estimate of drug-likeness (QED) is 0.679. The number of carbonyl (C=O) groups excluding carboxylic acids is 1. The summed E-state index contributed by atoms with van der Waals surface area (Å²) < 4.78 is 27.3. The van der Waals surface area contributed by atoms with Crippen molar-refractivity contribution >= 4 is 16.3 Å². The van der Waals surface area contributed by atoms with Gasteiger partial charge in [-0.25, -0.2) is 12.4 Å². The molecule has 0 fully saturated rings. The molecule has 1 aromatic heterocycles. The molecule has 0 saturated heterocycles. The fourth-order valence-electron chi connectivity index (χ4n) is 2.66. The first-order chi connectivity index (χ1) is 11.4. The molecule has 0 amide bonds. The third-order valence-electron chi connectivity index (χ3n) is 4.02. The highest BCUT2D eigenvalue weighted by molar-refractivity contribution is 7.90. The molecule has 0 saturated carbocycles. The van der Waals surface area contributed by atoms with Crippen LogP contribution in [0.5, 0.6) is 0 Å². The number of rotatable bonds is 4. The van der Waals surface area contributed by atoms with Crippen LogP contribution in [-0.2, 0) is 10.0 Å². The van der Waals surface area contributed by atoms with Crippen LogP contribution < -0.4 is 0 Å². The second kappa shape index (κ2) is 6.09. The van der Waals surface area contributed by atoms with E-state index < -0.39 is 10.0 Å². The number of hydrogen-bond donors (Lipinski definition) is 0. The second-order valence-corrected chi connectivity index (χ2v) is 7.47. The Hall–Kier alpha value is -2.66. The van der Waals surface area contributed by atoms with E-state index in [1.807, 2.05) is 37.3 Å². The second-order valence-electron chi connectivity index (χ2n) is 5.66. The maximum Gasteiger partial charge on any atom is 0.268 e. The van der Waals surface area contributed by atoms with Gasteiger partial charge >= 0.3 is 0 Å². The molecule has 1 heterocycles. The van der Waals surface area contributed by atoms with Crippen molar-refractivity contribution in [1.29, 1.82) is 0 Å². The van der Waals surface area contributed by atoms with Crippen LogP contribution in [0.15, 0.2) is 65.7 Å². The van der Waals surface area contributed by atoms with Gasteiger partial charge in [0.05, 0.1) is 10.6 Å². The molecular weight excluding hydrogens is 322 g/mol. The van der Waals surface area contributed by atoms with E-state index in [4.69, 9.17) is 0 Å². The number of aromatic nitrogens is 1. The van der Waals surface area contributed by atoms with Crippen molar-refractivity contribution in [3.8, 4) is 11.3 Å². The van der Waals surface area contributed by atoms with Gasteiger partial charge in [0.2, 0.25) is 0 Å². The zero-order valence-corrected chi connectivity index (χ0v) is 14.2. The number of hydrogen-bond acceptors (Lipinski definition) is 3. The maximum absolute atomic E-state index is 13.1. The fourth-order valence-corrected chi connectivity index (χ4v) is 4.10. The molecule has 0 radical (unpaired) electrons. The summed E-state index contributed by atoms with van der Waals surface area (Å²) in [6.07, 6.45) is 2.07. The van der Waals surface area contributed by atoms with E-state index in [0.717, 1.165) is 11.1 Å². The molecule has 3 aromatic rings. The minimum absolute atomic E-state index is 0.192. The molecule has 0 bridgehead atoms. The number of aldehydes is 1. The number of benzene rings is 2. The first-order valence-electron chi connectivity index (χ1n) is 7.50. The normalized spacial score (nSPS) is 11.4. The summed E-state index contributed by atoms with van der Waals surface area (Å²) in [6, 6.07) is 15.9. The minimum Gasteiger partial charge on any atom is -0.298 e. The average molecular weight is 339 g/mol. The van der Waals surface area contributed by atoms with Crippen LogP contribution >= 0.6 is 0 Å². The van der Waals surface area contributed by atoms with Gasteiger partial charge in [0.25, 0.3) is 10.0 Å². The number of nitrogens with zero attached hydrogens (tertiary/aromatic N) is 1. The van der Waals surface area contributed by atoms with Gasteiger partial charge in [0, 0.05) is 11.8 Å². The van der Waals surface area contributed by atoms with E-state index in [-0.39, 0.29) is 4.90 Å². The summed E-state index contributed by atoms with van der Waals surface area (Å²) in [6.45, 7) is 3.66. The first kappa shape index (κ1) is 16.2. The van der Waals surface area contributed by atoms with Crippen molar-refractivity contribution < 1.29 is 13.2 Å². The van der Waals surface area contributed by atoms with Crippen LogP contribution in [0.3, 0.4) is 0 Å². The first-order valence-corrected chi connectivity index (χ1v) is 8.94. The molecule has 0 atom stereocenters. The Morgan fingerprint density at radius 3 is 2.12 bits per heavy atom. The average Bonchev–Trinajstić information content (AvgIpc) is 2.93. The predicted octanol–water partition coefficient (Wildman–Crippen LogP) is 3.82. The van der Waals surface area contributed by atoms with Crippen molar-refractivity contribution in [2.75, 3.05) is 0 Å². The summed E-state index contributed by atoms with van der Waals surface area (Å²) in [5.74, 6) is 0. The molecule has 0 aliphatic rings. The molecular formula is C19H17NO3S. The van der Waals surface area contributed by atoms with Gasteiger partial charge in [0.1, 0.15) is 0 Å². The summed E-state index contributed by atoms with van der Waals surface area (Å²) in [5.41, 5.74) is 3.25. The smallest absolute Gasteiger partial charge is 0.268 e. The van der Waals surface area contributed by atoms with Gasteiger partial charge in [0.15, 0.2) is 6.29 Å². The zero-order chi connectivity index (χ0) is 17.3. The Morgan fingerprint density at radius 2 is 1.54 bits per heavy atom. The van der Waals surface area contributed by atoms with Gasteiger partial charge in [-0.15, -0.1) is 0 Å². The molecule has 0 spiro atoms. The van der Waals surface area contributed by atoms with Gasteiger partial charge < -0.3 is 0 Å². The van der Waals surface area contributed by atoms with Crippen molar-refractivity contribution in [2.45, 2.75) is 18.7 Å². The van der Waals surface area contributed by atoms with Gasteiger partial charge in [-0.2, -0.15) is 0 Å². The molecule has 5 heteroatoms. The monoisotopic (exact) mass is 339 g/mol. The topological polar surface area (TPSA) is 56.1 Å². The SMILES string of the molecule is Cc1ccc(S(=O)(=O)n2cc(C=O)c(C)c2-c2ccccc2)cc1. The predicted molar refractivity (Wildman–Crippen MR) is 93.8 cm³/mol. The molecule has 122 valence electrons. The standard InChI is InChI=1S/C19H17NO3S/c1-14-8-10-18(11-9-14)24(22,23)20-12-17(13-21)15(2)19(20)16-6-4-3-5-7-16/h3-13H,1-2H3. The van der Waals surface area contributed by atoms with Crippen molar-refractivity contribution in [3.63, 3.8) is 0 Å². The van der Waals surface area contributed by atoms with Crippen LogP contribution in [0.1, 0.15) is 21.5 Å². The van der Waals surface area contributed by atoms with Crippen LogP contribution in [0.2, 0.25) is 0 Å². The summed E-state index contributed by atoms with van der Waals surface area (Å²) in [7, 11) is -3.79. The number of carbonyl (C=O) groups is 1. The maximum atomic E-state index is 13.1. The van der Waals surface area contributed by atoms with Gasteiger partial charge in [-0.1, -0.05) is 48.0 Å². The third kappa shape index (κ3) is 2.67. The molecule has 0 aliphatic heterocycles. The number of aryl methyl sites for hydroxylation is 1. The summed E-state index contributed by atoms with van der Waals surface area (Å²) >= 11 is 0. The Morgan fingerprint density at radius 1 is 0.917 bits per heavy atom. The lowest BCUT2D eigenvalue weighted by Gasteiger charge is -2.12. The summed E-state index contributed by atoms with van der Waals surface area (Å²) in [4.78, 5) is 11.5. The van der Waals surface area contributed by atoms with Crippen molar-refractivity contribution in [3.05, 3.63) is 77.5 Å². The molecule has 2 aromatic carbocycles. The highest BCUT2D eigenvalue weighted by Crippen LogP contribution is 2.30. The molecule has 24 heavy (non-hydrogen) atoms. The lowest BCUT2D eigenvalue weighted by Crippen LogP contribution is -2.13. The Kier molecular flexibility index (Phi) is 4.11.